The fraction of sp³-hybridized carbons (Fsp3) is 0.462. The number of rotatable bonds is 4. The number of carboxylic acid groups (broad SMARTS) is 1. The van der Waals surface area contributed by atoms with Crippen LogP contribution in [-0.4, -0.2) is 25.4 Å². The summed E-state index contributed by atoms with van der Waals surface area (Å²) in [6.45, 7) is 1.96. The van der Waals surface area contributed by atoms with Gasteiger partial charge in [0.1, 0.15) is 11.5 Å². The molecular formula is C13H15N3O2. The zero-order valence-electron chi connectivity index (χ0n) is 10.3. The van der Waals surface area contributed by atoms with Crippen LogP contribution in [0.3, 0.4) is 0 Å². The quantitative estimate of drug-likeness (QED) is 0.893. The van der Waals surface area contributed by atoms with Crippen LogP contribution in [0.4, 0.5) is 0 Å². The summed E-state index contributed by atoms with van der Waals surface area (Å²) in [5.74, 6) is 0.733. The van der Waals surface area contributed by atoms with Crippen molar-refractivity contribution in [3.63, 3.8) is 0 Å². The van der Waals surface area contributed by atoms with E-state index in [4.69, 9.17) is 5.11 Å². The lowest BCUT2D eigenvalue weighted by molar-refractivity contribution is -0.136. The maximum atomic E-state index is 10.6. The van der Waals surface area contributed by atoms with Crippen LogP contribution in [0, 0.1) is 6.92 Å². The van der Waals surface area contributed by atoms with E-state index in [2.05, 4.69) is 9.97 Å². The molecule has 0 saturated heterocycles. The lowest BCUT2D eigenvalue weighted by Crippen LogP contribution is -1.98. The molecule has 0 unspecified atom stereocenters. The van der Waals surface area contributed by atoms with Gasteiger partial charge in [0.05, 0.1) is 12.1 Å². The Morgan fingerprint density at radius 1 is 1.50 bits per heavy atom. The number of nitrogens with zero attached hydrogens (tertiary/aromatic N) is 3. The van der Waals surface area contributed by atoms with Crippen molar-refractivity contribution in [3.05, 3.63) is 29.5 Å². The van der Waals surface area contributed by atoms with Gasteiger partial charge in [0.15, 0.2) is 0 Å². The maximum Gasteiger partial charge on any atom is 0.303 e. The van der Waals surface area contributed by atoms with E-state index in [0.29, 0.717) is 12.3 Å². The first-order valence-corrected chi connectivity index (χ1v) is 6.21. The van der Waals surface area contributed by atoms with Gasteiger partial charge >= 0.3 is 5.97 Å². The summed E-state index contributed by atoms with van der Waals surface area (Å²) in [6, 6.07) is 2.02. The predicted octanol–water partition coefficient (Wildman–Crippen LogP) is 1.93. The zero-order valence-corrected chi connectivity index (χ0v) is 10.3. The molecule has 0 aliphatic heterocycles. The molecule has 94 valence electrons. The van der Waals surface area contributed by atoms with Crippen LogP contribution in [-0.2, 0) is 11.2 Å². The van der Waals surface area contributed by atoms with Gasteiger partial charge in [-0.2, -0.15) is 0 Å². The monoisotopic (exact) mass is 245 g/mol. The highest BCUT2D eigenvalue weighted by Gasteiger charge is 2.26. The second-order valence-corrected chi connectivity index (χ2v) is 4.86. The van der Waals surface area contributed by atoms with Crippen molar-refractivity contribution in [2.24, 2.45) is 0 Å². The summed E-state index contributed by atoms with van der Waals surface area (Å²) in [5.41, 5.74) is 2.82. The third kappa shape index (κ3) is 2.08. The summed E-state index contributed by atoms with van der Waals surface area (Å²) < 4.78 is 1.93. The minimum atomic E-state index is -0.791. The Labute approximate surface area is 104 Å². The second kappa shape index (κ2) is 4.08. The second-order valence-electron chi connectivity index (χ2n) is 4.86. The van der Waals surface area contributed by atoms with E-state index in [9.17, 15) is 4.79 Å². The van der Waals surface area contributed by atoms with Crippen molar-refractivity contribution in [2.75, 3.05) is 0 Å². The van der Waals surface area contributed by atoms with E-state index in [-0.39, 0.29) is 6.42 Å². The average molecular weight is 245 g/mol. The van der Waals surface area contributed by atoms with E-state index in [1.165, 1.54) is 12.8 Å². The van der Waals surface area contributed by atoms with Crippen LogP contribution in [0.5, 0.6) is 0 Å². The van der Waals surface area contributed by atoms with Gasteiger partial charge in [0.25, 0.3) is 0 Å². The molecule has 1 N–H and O–H groups in total. The molecule has 2 aromatic rings. The zero-order chi connectivity index (χ0) is 12.7. The Morgan fingerprint density at radius 3 is 2.94 bits per heavy atom. The summed E-state index contributed by atoms with van der Waals surface area (Å²) in [4.78, 5) is 19.6. The summed E-state index contributed by atoms with van der Waals surface area (Å²) >= 11 is 0. The molecule has 0 atom stereocenters. The number of hydrogen-bond donors (Lipinski definition) is 1. The molecular weight excluding hydrogens is 230 g/mol. The number of hydrogen-bond acceptors (Lipinski definition) is 3. The van der Waals surface area contributed by atoms with Gasteiger partial charge in [-0.05, 0) is 19.8 Å². The van der Waals surface area contributed by atoms with Gasteiger partial charge in [-0.25, -0.2) is 9.97 Å². The number of fused-ring (bicyclic) bond motifs is 1. The first-order valence-electron chi connectivity index (χ1n) is 6.21. The van der Waals surface area contributed by atoms with Crippen LogP contribution in [0.25, 0.3) is 5.65 Å². The van der Waals surface area contributed by atoms with Gasteiger partial charge in [-0.15, -0.1) is 0 Å². The van der Waals surface area contributed by atoms with E-state index in [0.717, 1.165) is 22.9 Å². The highest BCUT2D eigenvalue weighted by atomic mass is 16.4. The topological polar surface area (TPSA) is 67.5 Å². The maximum absolute atomic E-state index is 10.6. The fourth-order valence-corrected chi connectivity index (χ4v) is 2.15. The van der Waals surface area contributed by atoms with Crippen molar-refractivity contribution >= 4 is 11.6 Å². The lowest BCUT2D eigenvalue weighted by atomic mass is 10.2. The minimum Gasteiger partial charge on any atom is -0.481 e. The Balaban J connectivity index is 1.95. The van der Waals surface area contributed by atoms with Crippen LogP contribution < -0.4 is 0 Å². The molecule has 18 heavy (non-hydrogen) atoms. The molecule has 0 spiro atoms. The summed E-state index contributed by atoms with van der Waals surface area (Å²) in [6.07, 6.45) is 4.91. The molecule has 2 aromatic heterocycles. The first-order chi connectivity index (χ1) is 8.63. The van der Waals surface area contributed by atoms with E-state index in [1.54, 1.807) is 0 Å². The molecule has 1 saturated carbocycles. The van der Waals surface area contributed by atoms with Crippen molar-refractivity contribution in [2.45, 2.75) is 38.5 Å². The molecule has 0 amide bonds. The predicted molar refractivity (Wildman–Crippen MR) is 65.7 cm³/mol. The van der Waals surface area contributed by atoms with Crippen molar-refractivity contribution in [3.8, 4) is 0 Å². The normalized spacial score (nSPS) is 15.2. The summed E-state index contributed by atoms with van der Waals surface area (Å²) in [5, 5.41) is 8.68. The molecule has 0 bridgehead atoms. The Hall–Kier alpha value is -1.91. The number of imidazole rings is 1. The summed E-state index contributed by atoms with van der Waals surface area (Å²) in [7, 11) is 0. The van der Waals surface area contributed by atoms with Crippen molar-refractivity contribution in [1.82, 2.24) is 14.4 Å². The average Bonchev–Trinajstić information content (AvgIpc) is 3.07. The third-order valence-corrected chi connectivity index (χ3v) is 3.29. The molecule has 1 fully saturated rings. The lowest BCUT2D eigenvalue weighted by Gasteiger charge is -2.02. The molecule has 1 aliphatic carbocycles. The number of carbonyl (C=O) groups is 1. The first kappa shape index (κ1) is 11.2. The van der Waals surface area contributed by atoms with E-state index in [1.807, 2.05) is 23.6 Å². The molecule has 1 aliphatic rings. The molecule has 5 heteroatoms. The Morgan fingerprint density at radius 2 is 2.28 bits per heavy atom. The van der Waals surface area contributed by atoms with Gasteiger partial charge < -0.3 is 5.11 Å². The van der Waals surface area contributed by atoms with Gasteiger partial charge in [0, 0.05) is 30.3 Å². The highest BCUT2D eigenvalue weighted by Crippen LogP contribution is 2.39. The smallest absolute Gasteiger partial charge is 0.303 e. The standard InChI is InChI=1S/C13H15N3O2/c1-8-14-11(9-2-3-9)6-12-15-10(7-16(8)12)4-5-13(17)18/h6-7,9H,2-5H2,1H3,(H,17,18). The largest absolute Gasteiger partial charge is 0.481 e. The van der Waals surface area contributed by atoms with Crippen LogP contribution >= 0.6 is 0 Å². The van der Waals surface area contributed by atoms with Crippen molar-refractivity contribution in [1.29, 1.82) is 0 Å². The van der Waals surface area contributed by atoms with Crippen LogP contribution in [0.2, 0.25) is 0 Å². The third-order valence-electron chi connectivity index (χ3n) is 3.29. The molecule has 2 heterocycles. The van der Waals surface area contributed by atoms with E-state index < -0.39 is 5.97 Å². The van der Waals surface area contributed by atoms with Crippen LogP contribution in [0.15, 0.2) is 12.3 Å². The van der Waals surface area contributed by atoms with Gasteiger partial charge in [-0.3, -0.25) is 9.20 Å². The molecule has 0 radical (unpaired) electrons. The van der Waals surface area contributed by atoms with Crippen molar-refractivity contribution < 1.29 is 9.90 Å². The molecule has 5 nitrogen and oxygen atoms in total. The highest BCUT2D eigenvalue weighted by molar-refractivity contribution is 5.67. The van der Waals surface area contributed by atoms with E-state index >= 15 is 0 Å². The molecule has 3 rings (SSSR count). The number of aryl methyl sites for hydroxylation is 2. The minimum absolute atomic E-state index is 0.117. The Bertz CT molecular complexity index is 614. The number of aliphatic carboxylic acids is 1. The molecule has 0 aromatic carbocycles. The van der Waals surface area contributed by atoms with Gasteiger partial charge in [0.2, 0.25) is 0 Å². The Kier molecular flexibility index (Phi) is 2.54. The number of aromatic nitrogens is 3. The number of carboxylic acids is 1. The SMILES string of the molecule is Cc1nc(C2CC2)cc2nc(CCC(=O)O)cn12. The van der Waals surface area contributed by atoms with Gasteiger partial charge in [-0.1, -0.05) is 0 Å². The fourth-order valence-electron chi connectivity index (χ4n) is 2.15. The van der Waals surface area contributed by atoms with Crippen LogP contribution in [0.1, 0.15) is 42.4 Å².